The van der Waals surface area contributed by atoms with Crippen molar-refractivity contribution in [3.05, 3.63) is 35.6 Å². The van der Waals surface area contributed by atoms with Gasteiger partial charge in [-0.15, -0.1) is 0 Å². The minimum Gasteiger partial charge on any atom is -0.480 e. The van der Waals surface area contributed by atoms with Gasteiger partial charge in [0.15, 0.2) is 0 Å². The van der Waals surface area contributed by atoms with E-state index in [9.17, 15) is 14.0 Å². The Labute approximate surface area is 97.6 Å². The maximum Gasteiger partial charge on any atom is 0.325 e. The summed E-state index contributed by atoms with van der Waals surface area (Å²) in [7, 11) is 0. The van der Waals surface area contributed by atoms with Crippen LogP contribution in [0.3, 0.4) is 0 Å². The first-order valence-electron chi connectivity index (χ1n) is 5.01. The largest absolute Gasteiger partial charge is 0.480 e. The topological polar surface area (TPSA) is 78.4 Å². The number of carbonyl (C=O) groups is 2. The van der Waals surface area contributed by atoms with Gasteiger partial charge in [0.05, 0.1) is 0 Å². The summed E-state index contributed by atoms with van der Waals surface area (Å²) in [6, 6.07) is 4.38. The van der Waals surface area contributed by atoms with Crippen LogP contribution in [0.4, 0.5) is 9.18 Å². The number of halogens is 1. The summed E-state index contributed by atoms with van der Waals surface area (Å²) in [5.41, 5.74) is 0.339. The molecule has 3 N–H and O–H groups in total. The monoisotopic (exact) mass is 240 g/mol. The molecule has 0 aliphatic heterocycles. The fraction of sp³-hybridized carbons (Fsp3) is 0.273. The number of urea groups is 1. The van der Waals surface area contributed by atoms with Crippen LogP contribution in [0.25, 0.3) is 0 Å². The lowest BCUT2D eigenvalue weighted by molar-refractivity contribution is -0.138. The third kappa shape index (κ3) is 4.10. The zero-order chi connectivity index (χ0) is 12.8. The predicted molar refractivity (Wildman–Crippen MR) is 58.9 cm³/mol. The van der Waals surface area contributed by atoms with Crippen LogP contribution in [0.1, 0.15) is 12.5 Å². The van der Waals surface area contributed by atoms with Crippen LogP contribution >= 0.6 is 0 Å². The highest BCUT2D eigenvalue weighted by atomic mass is 19.1. The summed E-state index contributed by atoms with van der Waals surface area (Å²) >= 11 is 0. The normalized spacial score (nSPS) is 11.6. The Kier molecular flexibility index (Phi) is 4.45. The van der Waals surface area contributed by atoms with Crippen molar-refractivity contribution in [2.45, 2.75) is 19.5 Å². The molecule has 1 aromatic rings. The number of nitrogens with one attached hydrogen (secondary N) is 2. The summed E-state index contributed by atoms with van der Waals surface area (Å²) in [4.78, 5) is 21.7. The Bertz CT molecular complexity index is 423. The van der Waals surface area contributed by atoms with Gasteiger partial charge in [0.1, 0.15) is 11.9 Å². The smallest absolute Gasteiger partial charge is 0.325 e. The second-order valence-corrected chi connectivity index (χ2v) is 3.48. The first kappa shape index (κ1) is 13.0. The molecule has 1 rings (SSSR count). The molecule has 17 heavy (non-hydrogen) atoms. The quantitative estimate of drug-likeness (QED) is 0.737. The van der Waals surface area contributed by atoms with E-state index in [1.165, 1.54) is 19.1 Å². The highest BCUT2D eigenvalue weighted by molar-refractivity contribution is 5.82. The van der Waals surface area contributed by atoms with Crippen molar-refractivity contribution < 1.29 is 19.1 Å². The van der Waals surface area contributed by atoms with Gasteiger partial charge in [0.25, 0.3) is 0 Å². The number of amides is 2. The molecular weight excluding hydrogens is 227 g/mol. The number of carbonyl (C=O) groups excluding carboxylic acids is 1. The molecule has 92 valence electrons. The van der Waals surface area contributed by atoms with Crippen molar-refractivity contribution in [1.82, 2.24) is 10.6 Å². The molecule has 0 unspecified atom stereocenters. The van der Waals surface area contributed by atoms with Crippen molar-refractivity contribution in [3.63, 3.8) is 0 Å². The molecule has 1 aromatic carbocycles. The number of carboxylic acid groups (broad SMARTS) is 1. The van der Waals surface area contributed by atoms with Gasteiger partial charge < -0.3 is 15.7 Å². The van der Waals surface area contributed by atoms with Gasteiger partial charge in [0, 0.05) is 12.1 Å². The Morgan fingerprint density at radius 1 is 1.41 bits per heavy atom. The Balaban J connectivity index is 2.44. The number of hydrogen-bond donors (Lipinski definition) is 3. The van der Waals surface area contributed by atoms with Gasteiger partial charge >= 0.3 is 12.0 Å². The molecule has 6 heteroatoms. The van der Waals surface area contributed by atoms with E-state index in [0.29, 0.717) is 5.56 Å². The van der Waals surface area contributed by atoms with Gasteiger partial charge in [-0.25, -0.2) is 9.18 Å². The molecule has 0 aliphatic carbocycles. The lowest BCUT2D eigenvalue weighted by Crippen LogP contribution is -2.44. The van der Waals surface area contributed by atoms with E-state index in [-0.39, 0.29) is 6.54 Å². The zero-order valence-electron chi connectivity index (χ0n) is 9.24. The van der Waals surface area contributed by atoms with Crippen molar-refractivity contribution in [2.75, 3.05) is 0 Å². The molecule has 2 amide bonds. The molecule has 0 saturated heterocycles. The van der Waals surface area contributed by atoms with Gasteiger partial charge in [-0.1, -0.05) is 18.2 Å². The number of aliphatic carboxylic acids is 1. The number of rotatable bonds is 4. The third-order valence-corrected chi connectivity index (χ3v) is 2.12. The van der Waals surface area contributed by atoms with Gasteiger partial charge in [-0.2, -0.15) is 0 Å². The fourth-order valence-electron chi connectivity index (χ4n) is 1.13. The second-order valence-electron chi connectivity index (χ2n) is 3.48. The molecule has 0 aromatic heterocycles. The summed E-state index contributed by atoms with van der Waals surface area (Å²) in [5, 5.41) is 13.1. The summed E-state index contributed by atoms with van der Waals surface area (Å²) in [6.07, 6.45) is 0. The minimum atomic E-state index is -1.13. The van der Waals surface area contributed by atoms with E-state index < -0.39 is 23.9 Å². The molecule has 0 spiro atoms. The molecule has 0 saturated carbocycles. The molecule has 0 bridgehead atoms. The predicted octanol–water partition coefficient (Wildman–Crippen LogP) is 1.10. The Hall–Kier alpha value is -2.11. The SMILES string of the molecule is C[C@H](NC(=O)NCc1ccccc1F)C(=O)O. The maximum atomic E-state index is 13.2. The van der Waals surface area contributed by atoms with Crippen LogP contribution < -0.4 is 10.6 Å². The first-order valence-corrected chi connectivity index (χ1v) is 5.01. The van der Waals surface area contributed by atoms with E-state index in [2.05, 4.69) is 10.6 Å². The van der Waals surface area contributed by atoms with Gasteiger partial charge in [-0.3, -0.25) is 4.79 Å². The molecule has 5 nitrogen and oxygen atoms in total. The van der Waals surface area contributed by atoms with Gasteiger partial charge in [0.2, 0.25) is 0 Å². The van der Waals surface area contributed by atoms with Crippen LogP contribution in [0.15, 0.2) is 24.3 Å². The number of hydrogen-bond acceptors (Lipinski definition) is 2. The summed E-state index contributed by atoms with van der Waals surface area (Å²) in [5.74, 6) is -1.55. The molecule has 0 heterocycles. The van der Waals surface area contributed by atoms with Crippen LogP contribution in [0, 0.1) is 5.82 Å². The highest BCUT2D eigenvalue weighted by Crippen LogP contribution is 2.05. The molecule has 1 atom stereocenters. The molecule has 0 aliphatic rings. The van der Waals surface area contributed by atoms with Crippen LogP contribution in [-0.2, 0) is 11.3 Å². The van der Waals surface area contributed by atoms with Gasteiger partial charge in [-0.05, 0) is 13.0 Å². The van der Waals surface area contributed by atoms with Crippen LogP contribution in [0.5, 0.6) is 0 Å². The number of carboxylic acids is 1. The highest BCUT2D eigenvalue weighted by Gasteiger charge is 2.13. The van der Waals surface area contributed by atoms with Crippen LogP contribution in [-0.4, -0.2) is 23.1 Å². The minimum absolute atomic E-state index is 0.00481. The molecule has 0 radical (unpaired) electrons. The lowest BCUT2D eigenvalue weighted by Gasteiger charge is -2.10. The van der Waals surface area contributed by atoms with E-state index in [1.54, 1.807) is 12.1 Å². The zero-order valence-corrected chi connectivity index (χ0v) is 9.24. The average Bonchev–Trinajstić information content (AvgIpc) is 2.27. The molecular formula is C11H13FN2O3. The van der Waals surface area contributed by atoms with E-state index in [1.807, 2.05) is 0 Å². The Morgan fingerprint density at radius 2 is 2.06 bits per heavy atom. The maximum absolute atomic E-state index is 13.2. The number of benzene rings is 1. The van der Waals surface area contributed by atoms with Crippen LogP contribution in [0.2, 0.25) is 0 Å². The Morgan fingerprint density at radius 3 is 2.65 bits per heavy atom. The molecule has 0 fully saturated rings. The third-order valence-electron chi connectivity index (χ3n) is 2.12. The van der Waals surface area contributed by atoms with Crippen molar-refractivity contribution in [3.8, 4) is 0 Å². The second kappa shape index (κ2) is 5.83. The van der Waals surface area contributed by atoms with Crippen molar-refractivity contribution in [1.29, 1.82) is 0 Å². The fourth-order valence-corrected chi connectivity index (χ4v) is 1.13. The van der Waals surface area contributed by atoms with E-state index >= 15 is 0 Å². The lowest BCUT2D eigenvalue weighted by atomic mass is 10.2. The van der Waals surface area contributed by atoms with E-state index in [0.717, 1.165) is 0 Å². The van der Waals surface area contributed by atoms with Crippen molar-refractivity contribution in [2.24, 2.45) is 0 Å². The standard InChI is InChI=1S/C11H13FN2O3/c1-7(10(15)16)14-11(17)13-6-8-4-2-3-5-9(8)12/h2-5,7H,6H2,1H3,(H,15,16)(H2,13,14,17)/t7-/m0/s1. The average molecular weight is 240 g/mol. The summed E-state index contributed by atoms with van der Waals surface area (Å²) < 4.78 is 13.2. The van der Waals surface area contributed by atoms with Crippen molar-refractivity contribution >= 4 is 12.0 Å². The summed E-state index contributed by atoms with van der Waals surface area (Å²) in [6.45, 7) is 1.34. The van der Waals surface area contributed by atoms with E-state index in [4.69, 9.17) is 5.11 Å². The first-order chi connectivity index (χ1) is 8.00.